The molecule has 4 rings (SSSR count). The van der Waals surface area contributed by atoms with Gasteiger partial charge in [0.1, 0.15) is 5.82 Å². The van der Waals surface area contributed by atoms with E-state index in [4.69, 9.17) is 4.98 Å². The average molecular weight is 380 g/mol. The number of carbonyl (C=O) groups is 1. The Hall–Kier alpha value is -2.63. The number of hydrogen-bond donors (Lipinski definition) is 0. The first-order valence-electron chi connectivity index (χ1n) is 10.3. The third-order valence-corrected chi connectivity index (χ3v) is 5.61. The molecule has 1 amide bonds. The van der Waals surface area contributed by atoms with Crippen LogP contribution in [0.15, 0.2) is 30.3 Å². The van der Waals surface area contributed by atoms with E-state index in [1.807, 2.05) is 24.0 Å². The molecule has 28 heavy (non-hydrogen) atoms. The zero-order chi connectivity index (χ0) is 19.5. The van der Waals surface area contributed by atoms with Crippen LogP contribution in [0.25, 0.3) is 0 Å². The van der Waals surface area contributed by atoms with Crippen LogP contribution in [-0.2, 0) is 11.2 Å². The molecule has 0 radical (unpaired) electrons. The van der Waals surface area contributed by atoms with Crippen LogP contribution in [0.3, 0.4) is 0 Å². The maximum atomic E-state index is 12.7. The summed E-state index contributed by atoms with van der Waals surface area (Å²) < 4.78 is 0. The fourth-order valence-electron chi connectivity index (χ4n) is 4.05. The zero-order valence-electron chi connectivity index (χ0n) is 16.9. The minimum atomic E-state index is 0.202. The molecule has 2 aliphatic heterocycles. The molecule has 0 N–H and O–H groups in total. The zero-order valence-corrected chi connectivity index (χ0v) is 16.9. The van der Waals surface area contributed by atoms with Crippen molar-refractivity contribution in [3.8, 4) is 0 Å². The minimum absolute atomic E-state index is 0.202. The van der Waals surface area contributed by atoms with Gasteiger partial charge in [0.05, 0.1) is 6.42 Å². The van der Waals surface area contributed by atoms with Crippen LogP contribution in [0.5, 0.6) is 0 Å². The predicted octanol–water partition coefficient (Wildman–Crippen LogP) is 2.58. The Morgan fingerprint density at radius 1 is 0.929 bits per heavy atom. The largest absolute Gasteiger partial charge is 0.356 e. The Bertz CT molecular complexity index is 839. The monoisotopic (exact) mass is 379 g/mol. The summed E-state index contributed by atoms with van der Waals surface area (Å²) in [5.74, 6) is 2.04. The van der Waals surface area contributed by atoms with Crippen molar-refractivity contribution >= 4 is 17.7 Å². The van der Waals surface area contributed by atoms with E-state index in [0.717, 1.165) is 62.3 Å². The fourth-order valence-corrected chi connectivity index (χ4v) is 4.05. The van der Waals surface area contributed by atoms with Gasteiger partial charge in [-0.25, -0.2) is 4.98 Å². The van der Waals surface area contributed by atoms with Crippen LogP contribution in [0.4, 0.5) is 11.8 Å². The van der Waals surface area contributed by atoms with E-state index in [1.165, 1.54) is 18.4 Å². The second-order valence-electron chi connectivity index (χ2n) is 7.90. The van der Waals surface area contributed by atoms with Gasteiger partial charge in [-0.3, -0.25) is 4.79 Å². The van der Waals surface area contributed by atoms with Crippen LogP contribution in [-0.4, -0.2) is 60.0 Å². The highest BCUT2D eigenvalue weighted by Gasteiger charge is 2.24. The van der Waals surface area contributed by atoms with E-state index in [-0.39, 0.29) is 5.91 Å². The maximum absolute atomic E-state index is 12.7. The normalized spacial score (nSPS) is 17.3. The molecule has 0 spiro atoms. The van der Waals surface area contributed by atoms with Gasteiger partial charge in [0, 0.05) is 51.0 Å². The van der Waals surface area contributed by atoms with Gasteiger partial charge in [-0.05, 0) is 32.3 Å². The van der Waals surface area contributed by atoms with E-state index < -0.39 is 0 Å². The number of nitrogens with zero attached hydrogens (tertiary/aromatic N) is 5. The van der Waals surface area contributed by atoms with Crippen molar-refractivity contribution in [2.24, 2.45) is 0 Å². The lowest BCUT2D eigenvalue weighted by atomic mass is 10.1. The van der Waals surface area contributed by atoms with Crippen molar-refractivity contribution in [3.05, 3.63) is 47.2 Å². The molecular formula is C22H29N5O. The topological polar surface area (TPSA) is 52.6 Å². The van der Waals surface area contributed by atoms with Gasteiger partial charge in [0.25, 0.3) is 0 Å². The molecule has 6 heteroatoms. The molecule has 0 aliphatic carbocycles. The second kappa shape index (κ2) is 8.17. The van der Waals surface area contributed by atoms with Crippen LogP contribution >= 0.6 is 0 Å². The molecule has 1 aromatic carbocycles. The first kappa shape index (κ1) is 18.7. The number of carbonyl (C=O) groups excluding carboxylic acids is 1. The van der Waals surface area contributed by atoms with Crippen molar-refractivity contribution < 1.29 is 4.79 Å². The molecule has 6 nitrogen and oxygen atoms in total. The van der Waals surface area contributed by atoms with Crippen LogP contribution in [0.1, 0.15) is 29.7 Å². The predicted molar refractivity (Wildman–Crippen MR) is 112 cm³/mol. The third kappa shape index (κ3) is 4.26. The molecule has 0 unspecified atom stereocenters. The Labute approximate surface area is 167 Å². The van der Waals surface area contributed by atoms with Gasteiger partial charge in [-0.15, -0.1) is 0 Å². The highest BCUT2D eigenvalue weighted by Crippen LogP contribution is 2.22. The summed E-state index contributed by atoms with van der Waals surface area (Å²) in [6.45, 7) is 9.26. The van der Waals surface area contributed by atoms with E-state index >= 15 is 0 Å². The number of piperazine rings is 1. The van der Waals surface area contributed by atoms with E-state index in [1.54, 1.807) is 0 Å². The van der Waals surface area contributed by atoms with Crippen LogP contribution in [0, 0.1) is 13.8 Å². The second-order valence-corrected chi connectivity index (χ2v) is 7.90. The Morgan fingerprint density at radius 3 is 2.39 bits per heavy atom. The van der Waals surface area contributed by atoms with Gasteiger partial charge in [0.15, 0.2) is 0 Å². The number of benzene rings is 1. The lowest BCUT2D eigenvalue weighted by Crippen LogP contribution is -2.49. The number of hydrogen-bond acceptors (Lipinski definition) is 5. The summed E-state index contributed by atoms with van der Waals surface area (Å²) >= 11 is 0. The first-order valence-corrected chi connectivity index (χ1v) is 10.3. The lowest BCUT2D eigenvalue weighted by molar-refractivity contribution is -0.130. The standard InChI is InChI=1S/C22H29N5O/c1-17-6-5-7-19(14-17)16-21(28)26-10-12-27(13-11-26)22-23-18(2)15-20(24-22)25-8-3-4-9-25/h5-7,14-15H,3-4,8-13,16H2,1-2H3. The van der Waals surface area contributed by atoms with Crippen LogP contribution in [0.2, 0.25) is 0 Å². The summed E-state index contributed by atoms with van der Waals surface area (Å²) in [4.78, 5) is 28.7. The lowest BCUT2D eigenvalue weighted by Gasteiger charge is -2.35. The molecule has 2 aliphatic rings. The maximum Gasteiger partial charge on any atom is 0.227 e. The minimum Gasteiger partial charge on any atom is -0.356 e. The van der Waals surface area contributed by atoms with E-state index in [0.29, 0.717) is 6.42 Å². The number of amides is 1. The van der Waals surface area contributed by atoms with Gasteiger partial charge >= 0.3 is 0 Å². The average Bonchev–Trinajstić information content (AvgIpc) is 3.22. The SMILES string of the molecule is Cc1cccc(CC(=O)N2CCN(c3nc(C)cc(N4CCCC4)n3)CC2)c1. The molecule has 148 valence electrons. The molecule has 0 bridgehead atoms. The molecule has 1 aromatic heterocycles. The van der Waals surface area contributed by atoms with E-state index in [9.17, 15) is 4.79 Å². The summed E-state index contributed by atoms with van der Waals surface area (Å²) in [6.07, 6.45) is 2.95. The summed E-state index contributed by atoms with van der Waals surface area (Å²) in [6, 6.07) is 10.3. The molecule has 0 atom stereocenters. The smallest absolute Gasteiger partial charge is 0.227 e. The van der Waals surface area contributed by atoms with Crippen LogP contribution < -0.4 is 9.80 Å². The number of anilines is 2. The summed E-state index contributed by atoms with van der Waals surface area (Å²) in [5.41, 5.74) is 3.29. The number of aryl methyl sites for hydroxylation is 2. The molecule has 2 fully saturated rings. The molecular weight excluding hydrogens is 350 g/mol. The summed E-state index contributed by atoms with van der Waals surface area (Å²) in [7, 11) is 0. The van der Waals surface area contributed by atoms with Gasteiger partial charge in [-0.1, -0.05) is 29.8 Å². The van der Waals surface area contributed by atoms with Crippen molar-refractivity contribution in [3.63, 3.8) is 0 Å². The fraction of sp³-hybridized carbons (Fsp3) is 0.500. The first-order chi connectivity index (χ1) is 13.6. The van der Waals surface area contributed by atoms with Crippen molar-refractivity contribution in [2.75, 3.05) is 49.1 Å². The molecule has 3 heterocycles. The Balaban J connectivity index is 1.38. The highest BCUT2D eigenvalue weighted by molar-refractivity contribution is 5.79. The Morgan fingerprint density at radius 2 is 1.68 bits per heavy atom. The highest BCUT2D eigenvalue weighted by atomic mass is 16.2. The third-order valence-electron chi connectivity index (χ3n) is 5.61. The van der Waals surface area contributed by atoms with E-state index in [2.05, 4.69) is 39.9 Å². The quantitative estimate of drug-likeness (QED) is 0.817. The molecule has 0 saturated carbocycles. The van der Waals surface area contributed by atoms with Crippen molar-refractivity contribution in [1.82, 2.24) is 14.9 Å². The van der Waals surface area contributed by atoms with Crippen molar-refractivity contribution in [2.45, 2.75) is 33.1 Å². The van der Waals surface area contributed by atoms with Gasteiger partial charge in [0.2, 0.25) is 11.9 Å². The molecule has 2 aromatic rings. The Kier molecular flexibility index (Phi) is 5.46. The molecule has 2 saturated heterocycles. The number of aromatic nitrogens is 2. The van der Waals surface area contributed by atoms with Gasteiger partial charge in [-0.2, -0.15) is 4.98 Å². The number of rotatable bonds is 4. The van der Waals surface area contributed by atoms with Crippen molar-refractivity contribution in [1.29, 1.82) is 0 Å². The van der Waals surface area contributed by atoms with Gasteiger partial charge < -0.3 is 14.7 Å². The summed E-state index contributed by atoms with van der Waals surface area (Å²) in [5, 5.41) is 0.